The predicted octanol–water partition coefficient (Wildman–Crippen LogP) is 3.61. The van der Waals surface area contributed by atoms with Gasteiger partial charge in [-0.2, -0.15) is 0 Å². The van der Waals surface area contributed by atoms with E-state index >= 15 is 0 Å². The fourth-order valence-electron chi connectivity index (χ4n) is 2.14. The summed E-state index contributed by atoms with van der Waals surface area (Å²) >= 11 is 3.46. The smallest absolute Gasteiger partial charge is 0.320 e. The summed E-state index contributed by atoms with van der Waals surface area (Å²) in [5, 5.41) is 12.3. The summed E-state index contributed by atoms with van der Waals surface area (Å²) in [7, 11) is 1.57. The molecule has 2 N–H and O–H groups in total. The van der Waals surface area contributed by atoms with E-state index in [2.05, 4.69) is 27.8 Å². The van der Waals surface area contributed by atoms with Gasteiger partial charge in [0.2, 0.25) is 0 Å². The number of rotatable bonds is 10. The Bertz CT molecular complexity index is 546. The summed E-state index contributed by atoms with van der Waals surface area (Å²) in [6.07, 6.45) is 2.24. The zero-order chi connectivity index (χ0) is 17.4. The molecule has 0 aliphatic rings. The first kappa shape index (κ1) is 19.5. The minimum atomic E-state index is -0.837. The van der Waals surface area contributed by atoms with Crippen LogP contribution in [0.5, 0.6) is 11.5 Å². The molecule has 0 bridgehead atoms. The van der Waals surface area contributed by atoms with Crippen LogP contribution in [0.25, 0.3) is 0 Å². The lowest BCUT2D eigenvalue weighted by Gasteiger charge is -2.18. The second-order valence-electron chi connectivity index (χ2n) is 5.61. The van der Waals surface area contributed by atoms with Gasteiger partial charge in [-0.1, -0.05) is 26.5 Å². The molecule has 0 saturated carbocycles. The minimum Gasteiger partial charge on any atom is -0.493 e. The summed E-state index contributed by atoms with van der Waals surface area (Å²) in [6, 6.07) is 3.16. The first-order chi connectivity index (χ1) is 10.9. The van der Waals surface area contributed by atoms with Gasteiger partial charge in [-0.05, 0) is 46.0 Å². The van der Waals surface area contributed by atoms with Gasteiger partial charge in [0.25, 0.3) is 0 Å². The molecule has 1 rings (SSSR count). The van der Waals surface area contributed by atoms with Gasteiger partial charge in [0, 0.05) is 6.54 Å². The number of hydrogen-bond donors (Lipinski definition) is 2. The number of benzene rings is 1. The zero-order valence-electron chi connectivity index (χ0n) is 13.8. The van der Waals surface area contributed by atoms with Crippen molar-refractivity contribution in [3.8, 4) is 11.5 Å². The normalized spacial score (nSPS) is 12.0. The number of aliphatic carboxylic acids is 1. The Morgan fingerprint density at radius 1 is 1.48 bits per heavy atom. The van der Waals surface area contributed by atoms with Crippen molar-refractivity contribution in [1.29, 1.82) is 0 Å². The quantitative estimate of drug-likeness (QED) is 0.602. The average Bonchev–Trinajstić information content (AvgIpc) is 2.49. The topological polar surface area (TPSA) is 67.8 Å². The number of hydrogen-bond acceptors (Lipinski definition) is 4. The second kappa shape index (κ2) is 9.57. The summed E-state index contributed by atoms with van der Waals surface area (Å²) in [5.41, 5.74) is 0.912. The van der Waals surface area contributed by atoms with Crippen LogP contribution < -0.4 is 14.8 Å². The third kappa shape index (κ3) is 6.23. The van der Waals surface area contributed by atoms with Crippen LogP contribution in [0.3, 0.4) is 0 Å². The molecule has 23 heavy (non-hydrogen) atoms. The number of halogens is 1. The molecule has 1 aromatic carbocycles. The summed E-state index contributed by atoms with van der Waals surface area (Å²) in [4.78, 5) is 11.3. The van der Waals surface area contributed by atoms with E-state index in [0.717, 1.165) is 10.0 Å². The van der Waals surface area contributed by atoms with Crippen LogP contribution in [0.15, 0.2) is 29.3 Å². The molecule has 0 fully saturated rings. The molecule has 0 aromatic heterocycles. The molecule has 0 heterocycles. The molecule has 128 valence electrons. The van der Waals surface area contributed by atoms with Crippen molar-refractivity contribution in [3.05, 3.63) is 34.8 Å². The Labute approximate surface area is 145 Å². The van der Waals surface area contributed by atoms with Gasteiger partial charge in [0.15, 0.2) is 11.5 Å². The molecule has 0 aliphatic heterocycles. The van der Waals surface area contributed by atoms with Crippen molar-refractivity contribution in [2.75, 3.05) is 13.7 Å². The Balaban J connectivity index is 2.86. The van der Waals surface area contributed by atoms with Crippen LogP contribution in [-0.2, 0) is 11.3 Å². The van der Waals surface area contributed by atoms with Crippen LogP contribution >= 0.6 is 15.9 Å². The number of carboxylic acids is 1. The largest absolute Gasteiger partial charge is 0.493 e. The van der Waals surface area contributed by atoms with Gasteiger partial charge in [-0.15, -0.1) is 0 Å². The number of methoxy groups -OCH3 is 1. The van der Waals surface area contributed by atoms with E-state index < -0.39 is 12.0 Å². The SMILES string of the molecule is C=CCOc1c(Br)cc(CNC(CC(C)C)C(=O)O)cc1OC. The Morgan fingerprint density at radius 3 is 2.70 bits per heavy atom. The highest BCUT2D eigenvalue weighted by Gasteiger charge is 2.19. The van der Waals surface area contributed by atoms with Gasteiger partial charge in [0.05, 0.1) is 11.6 Å². The van der Waals surface area contributed by atoms with Crippen molar-refractivity contribution in [2.45, 2.75) is 32.9 Å². The number of nitrogens with one attached hydrogen (secondary N) is 1. The van der Waals surface area contributed by atoms with E-state index in [0.29, 0.717) is 37.0 Å². The third-order valence-electron chi connectivity index (χ3n) is 3.19. The van der Waals surface area contributed by atoms with Crippen molar-refractivity contribution in [3.63, 3.8) is 0 Å². The van der Waals surface area contributed by atoms with Gasteiger partial charge >= 0.3 is 5.97 Å². The van der Waals surface area contributed by atoms with Crippen LogP contribution in [0.1, 0.15) is 25.8 Å². The van der Waals surface area contributed by atoms with E-state index in [1.807, 2.05) is 26.0 Å². The Hall–Kier alpha value is -1.53. The van der Waals surface area contributed by atoms with E-state index in [9.17, 15) is 9.90 Å². The maximum atomic E-state index is 11.3. The van der Waals surface area contributed by atoms with Crippen molar-refractivity contribution >= 4 is 21.9 Å². The number of carboxylic acid groups (broad SMARTS) is 1. The van der Waals surface area contributed by atoms with Crippen molar-refractivity contribution in [1.82, 2.24) is 5.32 Å². The molecule has 0 saturated heterocycles. The number of ether oxygens (including phenoxy) is 2. The monoisotopic (exact) mass is 385 g/mol. The van der Waals surface area contributed by atoms with Gasteiger partial charge in [-0.3, -0.25) is 4.79 Å². The highest BCUT2D eigenvalue weighted by atomic mass is 79.9. The Kier molecular flexibility index (Phi) is 8.12. The predicted molar refractivity (Wildman–Crippen MR) is 94.1 cm³/mol. The van der Waals surface area contributed by atoms with Gasteiger partial charge < -0.3 is 19.9 Å². The molecule has 0 amide bonds. The molecule has 0 radical (unpaired) electrons. The molecule has 1 atom stereocenters. The van der Waals surface area contributed by atoms with Crippen LogP contribution in [0.2, 0.25) is 0 Å². The van der Waals surface area contributed by atoms with Crippen LogP contribution in [-0.4, -0.2) is 30.8 Å². The highest BCUT2D eigenvalue weighted by molar-refractivity contribution is 9.10. The zero-order valence-corrected chi connectivity index (χ0v) is 15.4. The first-order valence-corrected chi connectivity index (χ1v) is 8.24. The molecule has 5 nitrogen and oxygen atoms in total. The lowest BCUT2D eigenvalue weighted by atomic mass is 10.0. The standard InChI is InChI=1S/C17H24BrNO4/c1-5-6-23-16-13(18)8-12(9-15(16)22-4)10-19-14(17(20)21)7-11(2)3/h5,8-9,11,14,19H,1,6-7,10H2,2-4H3,(H,20,21). The summed E-state index contributed by atoms with van der Waals surface area (Å²) in [5.74, 6) is 0.664. The fraction of sp³-hybridized carbons (Fsp3) is 0.471. The van der Waals surface area contributed by atoms with E-state index in [1.54, 1.807) is 13.2 Å². The van der Waals surface area contributed by atoms with Gasteiger partial charge in [-0.25, -0.2) is 0 Å². The molecular weight excluding hydrogens is 362 g/mol. The minimum absolute atomic E-state index is 0.305. The lowest BCUT2D eigenvalue weighted by molar-refractivity contribution is -0.140. The number of carbonyl (C=O) groups is 1. The second-order valence-corrected chi connectivity index (χ2v) is 6.46. The molecule has 1 aromatic rings. The van der Waals surface area contributed by atoms with Crippen molar-refractivity contribution < 1.29 is 19.4 Å². The summed E-state index contributed by atoms with van der Waals surface area (Å²) in [6.45, 7) is 8.43. The maximum absolute atomic E-state index is 11.3. The van der Waals surface area contributed by atoms with Gasteiger partial charge in [0.1, 0.15) is 12.6 Å². The van der Waals surface area contributed by atoms with E-state index in [1.165, 1.54) is 0 Å². The van der Waals surface area contributed by atoms with Crippen LogP contribution in [0.4, 0.5) is 0 Å². The molecular formula is C17H24BrNO4. The molecule has 0 spiro atoms. The maximum Gasteiger partial charge on any atom is 0.320 e. The third-order valence-corrected chi connectivity index (χ3v) is 3.78. The lowest BCUT2D eigenvalue weighted by Crippen LogP contribution is -2.37. The van der Waals surface area contributed by atoms with E-state index in [-0.39, 0.29) is 0 Å². The first-order valence-electron chi connectivity index (χ1n) is 7.45. The molecule has 1 unspecified atom stereocenters. The Morgan fingerprint density at radius 2 is 2.17 bits per heavy atom. The summed E-state index contributed by atoms with van der Waals surface area (Å²) < 4.78 is 11.7. The average molecular weight is 386 g/mol. The fourth-order valence-corrected chi connectivity index (χ4v) is 2.75. The highest BCUT2D eigenvalue weighted by Crippen LogP contribution is 2.36. The van der Waals surface area contributed by atoms with Crippen molar-refractivity contribution in [2.24, 2.45) is 5.92 Å². The molecule has 0 aliphatic carbocycles. The van der Waals surface area contributed by atoms with E-state index in [4.69, 9.17) is 9.47 Å². The molecule has 6 heteroatoms. The van der Waals surface area contributed by atoms with Crippen LogP contribution in [0, 0.1) is 5.92 Å².